The third-order valence-electron chi connectivity index (χ3n) is 4.94. The summed E-state index contributed by atoms with van der Waals surface area (Å²) in [4.78, 5) is 12.4. The van der Waals surface area contributed by atoms with Crippen LogP contribution in [0.25, 0.3) is 0 Å². The monoisotopic (exact) mass is 459 g/mol. The van der Waals surface area contributed by atoms with E-state index in [1.165, 1.54) is 5.56 Å². The van der Waals surface area contributed by atoms with E-state index in [-0.39, 0.29) is 18.3 Å². The van der Waals surface area contributed by atoms with Gasteiger partial charge in [-0.05, 0) is 65.0 Å². The summed E-state index contributed by atoms with van der Waals surface area (Å²) < 4.78 is 14.1. The van der Waals surface area contributed by atoms with Gasteiger partial charge in [0, 0.05) is 6.54 Å². The topological polar surface area (TPSA) is 69.3 Å². The first kappa shape index (κ1) is 21.2. The summed E-state index contributed by atoms with van der Waals surface area (Å²) in [5.74, 6) is 1.89. The number of hydrogen-bond donors (Lipinski definition) is 1. The highest BCUT2D eigenvalue weighted by molar-refractivity contribution is 9.10. The van der Waals surface area contributed by atoms with Gasteiger partial charge in [-0.1, -0.05) is 26.0 Å². The molecule has 6 nitrogen and oxygen atoms in total. The molecule has 1 atom stereocenters. The second-order valence-corrected chi connectivity index (χ2v) is 7.72. The van der Waals surface area contributed by atoms with Crippen LogP contribution in [0.2, 0.25) is 0 Å². The molecule has 1 N–H and O–H groups in total. The Hall–Kier alpha value is -2.54. The number of hydrogen-bond acceptors (Lipinski definition) is 4. The molecule has 1 amide bonds. The maximum absolute atomic E-state index is 12.4. The van der Waals surface area contributed by atoms with Crippen molar-refractivity contribution in [1.29, 1.82) is 0 Å². The van der Waals surface area contributed by atoms with Gasteiger partial charge < -0.3 is 14.5 Å². The third-order valence-corrected chi connectivity index (χ3v) is 5.60. The van der Waals surface area contributed by atoms with Crippen LogP contribution >= 0.6 is 15.9 Å². The van der Waals surface area contributed by atoms with Crippen LogP contribution in [0.15, 0.2) is 51.5 Å². The van der Waals surface area contributed by atoms with Crippen LogP contribution in [-0.2, 0) is 19.7 Å². The maximum atomic E-state index is 12.4. The van der Waals surface area contributed by atoms with Gasteiger partial charge in [0.05, 0.1) is 22.9 Å². The molecule has 0 aliphatic carbocycles. The van der Waals surface area contributed by atoms with Crippen molar-refractivity contribution in [3.05, 3.63) is 69.8 Å². The van der Waals surface area contributed by atoms with Gasteiger partial charge in [0.2, 0.25) is 0 Å². The van der Waals surface area contributed by atoms with E-state index in [9.17, 15) is 4.79 Å². The summed E-state index contributed by atoms with van der Waals surface area (Å²) in [6.45, 7) is 7.75. The smallest absolute Gasteiger partial charge is 0.287 e. The molecule has 0 aliphatic heterocycles. The first-order valence-electron chi connectivity index (χ1n) is 9.81. The van der Waals surface area contributed by atoms with Crippen LogP contribution in [0, 0.1) is 0 Å². The lowest BCUT2D eigenvalue weighted by Crippen LogP contribution is -2.24. The minimum atomic E-state index is -0.273. The normalized spacial score (nSPS) is 12.0. The predicted octanol–water partition coefficient (Wildman–Crippen LogP) is 5.28. The number of ether oxygens (including phenoxy) is 1. The van der Waals surface area contributed by atoms with Crippen molar-refractivity contribution < 1.29 is 13.9 Å². The van der Waals surface area contributed by atoms with Crippen molar-refractivity contribution in [2.24, 2.45) is 0 Å². The van der Waals surface area contributed by atoms with Crippen LogP contribution in [0.5, 0.6) is 5.75 Å². The molecule has 2 aromatic heterocycles. The van der Waals surface area contributed by atoms with Crippen molar-refractivity contribution in [3.63, 3.8) is 0 Å². The molecule has 0 saturated carbocycles. The van der Waals surface area contributed by atoms with Gasteiger partial charge >= 0.3 is 0 Å². The zero-order valence-electron chi connectivity index (χ0n) is 16.9. The van der Waals surface area contributed by atoms with Crippen LogP contribution in [0.4, 0.5) is 0 Å². The molecule has 0 saturated heterocycles. The highest BCUT2D eigenvalue weighted by Gasteiger charge is 2.14. The second kappa shape index (κ2) is 9.78. The van der Waals surface area contributed by atoms with Crippen molar-refractivity contribution in [2.45, 2.75) is 52.8 Å². The fourth-order valence-corrected chi connectivity index (χ4v) is 3.38. The number of benzene rings is 1. The van der Waals surface area contributed by atoms with Crippen molar-refractivity contribution in [2.75, 3.05) is 0 Å². The van der Waals surface area contributed by atoms with Crippen molar-refractivity contribution in [1.82, 2.24) is 15.1 Å². The number of furan rings is 1. The number of rotatable bonds is 9. The number of halogens is 1. The standard InChI is InChI=1S/C22H26BrN3O3/c1-4-15(3)16-6-8-17(9-7-16)28-14-18-10-11-21(29-18)22(27)24-13-20-19(23)12-25-26(20)5-2/h6-12,15H,4-5,13-14H2,1-3H3,(H,24,27). The number of aryl methyl sites for hydroxylation is 1. The predicted molar refractivity (Wildman–Crippen MR) is 115 cm³/mol. The number of nitrogens with zero attached hydrogens (tertiary/aromatic N) is 2. The summed E-state index contributed by atoms with van der Waals surface area (Å²) in [6.07, 6.45) is 2.83. The minimum Gasteiger partial charge on any atom is -0.486 e. The lowest BCUT2D eigenvalue weighted by molar-refractivity contribution is 0.0918. The first-order valence-corrected chi connectivity index (χ1v) is 10.6. The van der Waals surface area contributed by atoms with Crippen LogP contribution in [-0.4, -0.2) is 15.7 Å². The molecule has 1 aromatic carbocycles. The molecule has 3 rings (SSSR count). The summed E-state index contributed by atoms with van der Waals surface area (Å²) in [7, 11) is 0. The molecule has 2 heterocycles. The lowest BCUT2D eigenvalue weighted by Gasteiger charge is -2.10. The van der Waals surface area contributed by atoms with Crippen molar-refractivity contribution in [3.8, 4) is 5.75 Å². The number of nitrogens with one attached hydrogen (secondary N) is 1. The highest BCUT2D eigenvalue weighted by Crippen LogP contribution is 2.22. The molecule has 7 heteroatoms. The van der Waals surface area contributed by atoms with Crippen molar-refractivity contribution >= 4 is 21.8 Å². The summed E-state index contributed by atoms with van der Waals surface area (Å²) in [6, 6.07) is 11.5. The fourth-order valence-electron chi connectivity index (χ4n) is 2.95. The molecule has 29 heavy (non-hydrogen) atoms. The molecular weight excluding hydrogens is 434 g/mol. The lowest BCUT2D eigenvalue weighted by atomic mass is 9.99. The van der Waals surface area contributed by atoms with Gasteiger partial charge in [-0.15, -0.1) is 0 Å². The zero-order valence-corrected chi connectivity index (χ0v) is 18.5. The average Bonchev–Trinajstić information content (AvgIpc) is 3.36. The number of carbonyl (C=O) groups excluding carboxylic acids is 1. The summed E-state index contributed by atoms with van der Waals surface area (Å²) in [5.41, 5.74) is 2.21. The molecule has 0 bridgehead atoms. The van der Waals surface area contributed by atoms with E-state index in [2.05, 4.69) is 52.3 Å². The third kappa shape index (κ3) is 5.29. The quantitative estimate of drug-likeness (QED) is 0.472. The van der Waals surface area contributed by atoms with Crippen LogP contribution < -0.4 is 10.1 Å². The van der Waals surface area contributed by atoms with Gasteiger partial charge in [-0.2, -0.15) is 5.10 Å². The van der Waals surface area contributed by atoms with Gasteiger partial charge in [0.15, 0.2) is 5.76 Å². The molecule has 3 aromatic rings. The molecule has 0 aliphatic rings. The molecule has 1 unspecified atom stereocenters. The average molecular weight is 460 g/mol. The number of carbonyl (C=O) groups is 1. The molecule has 0 radical (unpaired) electrons. The van der Waals surface area contributed by atoms with Gasteiger partial charge in [-0.3, -0.25) is 9.48 Å². The molecule has 0 fully saturated rings. The Kier molecular flexibility index (Phi) is 7.14. The van der Waals surface area contributed by atoms with E-state index in [1.807, 2.05) is 23.7 Å². The van der Waals surface area contributed by atoms with Crippen LogP contribution in [0.1, 0.15) is 60.7 Å². The first-order chi connectivity index (χ1) is 14.0. The van der Waals surface area contributed by atoms with E-state index in [0.717, 1.165) is 28.9 Å². The molecule has 0 spiro atoms. The van der Waals surface area contributed by atoms with Gasteiger partial charge in [0.1, 0.15) is 18.1 Å². The number of amides is 1. The van der Waals surface area contributed by atoms with E-state index in [4.69, 9.17) is 9.15 Å². The Bertz CT molecular complexity index is 947. The Morgan fingerprint density at radius 3 is 2.69 bits per heavy atom. The minimum absolute atomic E-state index is 0.259. The number of aromatic nitrogens is 2. The molecular formula is C22H26BrN3O3. The Morgan fingerprint density at radius 1 is 1.24 bits per heavy atom. The largest absolute Gasteiger partial charge is 0.486 e. The van der Waals surface area contributed by atoms with E-state index < -0.39 is 0 Å². The maximum Gasteiger partial charge on any atom is 0.287 e. The second-order valence-electron chi connectivity index (χ2n) is 6.87. The van der Waals surface area contributed by atoms with Crippen LogP contribution in [0.3, 0.4) is 0 Å². The Balaban J connectivity index is 1.53. The Labute approximate surface area is 179 Å². The summed E-state index contributed by atoms with van der Waals surface area (Å²) in [5, 5.41) is 7.10. The van der Waals surface area contributed by atoms with E-state index in [0.29, 0.717) is 18.2 Å². The highest BCUT2D eigenvalue weighted by atomic mass is 79.9. The SMILES string of the molecule is CCC(C)c1ccc(OCc2ccc(C(=O)NCc3c(Br)cnn3CC)o2)cc1. The fraction of sp³-hybridized carbons (Fsp3) is 0.364. The Morgan fingerprint density at radius 2 is 2.00 bits per heavy atom. The van der Waals surface area contributed by atoms with E-state index >= 15 is 0 Å². The van der Waals surface area contributed by atoms with Gasteiger partial charge in [-0.25, -0.2) is 0 Å². The van der Waals surface area contributed by atoms with Gasteiger partial charge in [0.25, 0.3) is 5.91 Å². The zero-order chi connectivity index (χ0) is 20.8. The van der Waals surface area contributed by atoms with E-state index in [1.54, 1.807) is 18.3 Å². The summed E-state index contributed by atoms with van der Waals surface area (Å²) >= 11 is 3.45. The molecule has 154 valence electrons.